The molecule has 0 spiro atoms. The lowest BCUT2D eigenvalue weighted by molar-refractivity contribution is 0.559. The molecule has 3 nitrogen and oxygen atoms in total. The van der Waals surface area contributed by atoms with Crippen LogP contribution in [0.15, 0.2) is 69.5 Å². The summed E-state index contributed by atoms with van der Waals surface area (Å²) >= 11 is 0. The summed E-state index contributed by atoms with van der Waals surface area (Å²) in [6.45, 7) is 6.58. The second-order valence-electron chi connectivity index (χ2n) is 7.76. The van der Waals surface area contributed by atoms with Crippen molar-refractivity contribution in [3.05, 3.63) is 66.2 Å². The maximum absolute atomic E-state index is 6.03. The Labute approximate surface area is 151 Å². The van der Waals surface area contributed by atoms with Gasteiger partial charge in [0.15, 0.2) is 11.3 Å². The number of benzene rings is 3. The van der Waals surface area contributed by atoms with E-state index in [-0.39, 0.29) is 5.41 Å². The van der Waals surface area contributed by atoms with Crippen LogP contribution in [0.2, 0.25) is 0 Å². The van der Waals surface area contributed by atoms with E-state index in [4.69, 9.17) is 8.83 Å². The van der Waals surface area contributed by atoms with Crippen molar-refractivity contribution in [1.29, 1.82) is 0 Å². The lowest BCUT2D eigenvalue weighted by Crippen LogP contribution is -2.10. The third-order valence-electron chi connectivity index (χ3n) is 4.89. The molecule has 2 aromatic heterocycles. The van der Waals surface area contributed by atoms with Crippen LogP contribution in [0.3, 0.4) is 0 Å². The fourth-order valence-electron chi connectivity index (χ4n) is 3.40. The van der Waals surface area contributed by atoms with Gasteiger partial charge < -0.3 is 8.83 Å². The van der Waals surface area contributed by atoms with Crippen molar-refractivity contribution in [2.45, 2.75) is 26.2 Å². The minimum atomic E-state index is 0.0750. The van der Waals surface area contributed by atoms with E-state index in [1.165, 1.54) is 16.3 Å². The Kier molecular flexibility index (Phi) is 3.05. The predicted octanol–water partition coefficient (Wildman–Crippen LogP) is 6.69. The van der Waals surface area contributed by atoms with Crippen LogP contribution in [0, 0.1) is 0 Å². The molecule has 0 bridgehead atoms. The molecule has 0 saturated carbocycles. The number of rotatable bonds is 1. The van der Waals surface area contributed by atoms with Gasteiger partial charge in [0.25, 0.3) is 5.89 Å². The Balaban J connectivity index is 1.68. The monoisotopic (exact) mass is 341 g/mol. The number of hydrogen-bond acceptors (Lipinski definition) is 3. The van der Waals surface area contributed by atoms with Crippen LogP contribution in [0.25, 0.3) is 44.5 Å². The standard InChI is InChI=1S/C23H19NO2/c1-23(2,3)15-9-11-20-18(12-15)24-22(26-20)21-13-17-16-7-5-4-6-14(16)8-10-19(17)25-21/h4-13H,1-3H3. The Morgan fingerprint density at radius 1 is 0.769 bits per heavy atom. The van der Waals surface area contributed by atoms with E-state index in [2.05, 4.69) is 56.1 Å². The molecule has 26 heavy (non-hydrogen) atoms. The molecule has 0 saturated heterocycles. The first-order valence-electron chi connectivity index (χ1n) is 8.82. The molecule has 128 valence electrons. The highest BCUT2D eigenvalue weighted by atomic mass is 16.4. The van der Waals surface area contributed by atoms with Crippen molar-refractivity contribution in [2.75, 3.05) is 0 Å². The zero-order chi connectivity index (χ0) is 17.9. The van der Waals surface area contributed by atoms with Crippen molar-refractivity contribution >= 4 is 32.8 Å². The summed E-state index contributed by atoms with van der Waals surface area (Å²) in [5.74, 6) is 1.18. The quantitative estimate of drug-likeness (QED) is 0.341. The van der Waals surface area contributed by atoms with Gasteiger partial charge in [0, 0.05) is 5.39 Å². The Morgan fingerprint density at radius 2 is 1.58 bits per heavy atom. The summed E-state index contributed by atoms with van der Waals surface area (Å²) in [6.07, 6.45) is 0. The van der Waals surface area contributed by atoms with Gasteiger partial charge in [0.1, 0.15) is 11.1 Å². The van der Waals surface area contributed by atoms with Crippen molar-refractivity contribution in [3.8, 4) is 11.7 Å². The molecule has 2 heterocycles. The van der Waals surface area contributed by atoms with Crippen molar-refractivity contribution < 1.29 is 8.83 Å². The van der Waals surface area contributed by atoms with Crippen LogP contribution >= 0.6 is 0 Å². The zero-order valence-corrected chi connectivity index (χ0v) is 15.0. The number of aromatic nitrogens is 1. The van der Waals surface area contributed by atoms with E-state index in [0.717, 1.165) is 22.1 Å². The lowest BCUT2D eigenvalue weighted by atomic mass is 9.87. The SMILES string of the molecule is CC(C)(C)c1ccc2oc(-c3cc4c(ccc5ccccc54)o3)nc2c1. The molecule has 3 aromatic carbocycles. The van der Waals surface area contributed by atoms with Crippen LogP contribution in [0.1, 0.15) is 26.3 Å². The summed E-state index contributed by atoms with van der Waals surface area (Å²) in [6, 6.07) is 20.6. The molecule has 0 aliphatic rings. The Bertz CT molecular complexity index is 1270. The highest BCUT2D eigenvalue weighted by molar-refractivity contribution is 6.06. The highest BCUT2D eigenvalue weighted by Gasteiger charge is 2.18. The maximum atomic E-state index is 6.03. The van der Waals surface area contributed by atoms with E-state index in [9.17, 15) is 0 Å². The largest absolute Gasteiger partial charge is 0.451 e. The predicted molar refractivity (Wildman–Crippen MR) is 105 cm³/mol. The molecular formula is C23H19NO2. The lowest BCUT2D eigenvalue weighted by Gasteiger charge is -2.18. The van der Waals surface area contributed by atoms with Gasteiger partial charge in [-0.05, 0) is 46.0 Å². The zero-order valence-electron chi connectivity index (χ0n) is 15.0. The molecule has 0 amide bonds. The van der Waals surface area contributed by atoms with E-state index in [1.54, 1.807) is 0 Å². The number of furan rings is 1. The molecule has 0 fully saturated rings. The number of hydrogen-bond donors (Lipinski definition) is 0. The number of oxazole rings is 1. The Hall–Kier alpha value is -3.07. The molecule has 0 aliphatic carbocycles. The maximum Gasteiger partial charge on any atom is 0.263 e. The molecule has 5 aromatic rings. The summed E-state index contributed by atoms with van der Waals surface area (Å²) in [4.78, 5) is 4.67. The van der Waals surface area contributed by atoms with Gasteiger partial charge in [-0.1, -0.05) is 57.2 Å². The first-order chi connectivity index (χ1) is 12.5. The van der Waals surface area contributed by atoms with Crippen LogP contribution < -0.4 is 0 Å². The second kappa shape index (κ2) is 5.21. The second-order valence-corrected chi connectivity index (χ2v) is 7.76. The summed E-state index contributed by atoms with van der Waals surface area (Å²) in [5, 5.41) is 3.45. The van der Waals surface area contributed by atoms with Gasteiger partial charge in [-0.15, -0.1) is 0 Å². The molecule has 0 radical (unpaired) electrons. The van der Waals surface area contributed by atoms with E-state index in [1.807, 2.05) is 30.3 Å². The topological polar surface area (TPSA) is 39.2 Å². The van der Waals surface area contributed by atoms with Crippen molar-refractivity contribution in [3.63, 3.8) is 0 Å². The van der Waals surface area contributed by atoms with Gasteiger partial charge >= 0.3 is 0 Å². The van der Waals surface area contributed by atoms with Gasteiger partial charge in [-0.3, -0.25) is 0 Å². The van der Waals surface area contributed by atoms with Crippen molar-refractivity contribution in [2.24, 2.45) is 0 Å². The first-order valence-corrected chi connectivity index (χ1v) is 8.82. The molecule has 0 N–H and O–H groups in total. The molecule has 0 unspecified atom stereocenters. The van der Waals surface area contributed by atoms with Crippen LogP contribution in [-0.4, -0.2) is 4.98 Å². The average molecular weight is 341 g/mol. The number of nitrogens with zero attached hydrogens (tertiary/aromatic N) is 1. The van der Waals surface area contributed by atoms with E-state index >= 15 is 0 Å². The first kappa shape index (κ1) is 15.2. The van der Waals surface area contributed by atoms with Crippen LogP contribution in [0.5, 0.6) is 0 Å². The van der Waals surface area contributed by atoms with Crippen molar-refractivity contribution in [1.82, 2.24) is 4.98 Å². The third kappa shape index (κ3) is 2.31. The van der Waals surface area contributed by atoms with E-state index < -0.39 is 0 Å². The fraction of sp³-hybridized carbons (Fsp3) is 0.174. The summed E-state index contributed by atoms with van der Waals surface area (Å²) in [5.41, 5.74) is 3.79. The highest BCUT2D eigenvalue weighted by Crippen LogP contribution is 2.34. The molecule has 3 heteroatoms. The van der Waals surface area contributed by atoms with Gasteiger partial charge in [-0.25, -0.2) is 4.98 Å². The minimum absolute atomic E-state index is 0.0750. The summed E-state index contributed by atoms with van der Waals surface area (Å²) < 4.78 is 12.0. The van der Waals surface area contributed by atoms with Gasteiger partial charge in [0.05, 0.1) is 0 Å². The number of fused-ring (bicyclic) bond motifs is 4. The van der Waals surface area contributed by atoms with Gasteiger partial charge in [0.2, 0.25) is 0 Å². The molecule has 0 atom stereocenters. The third-order valence-corrected chi connectivity index (χ3v) is 4.89. The smallest absolute Gasteiger partial charge is 0.263 e. The fourth-order valence-corrected chi connectivity index (χ4v) is 3.40. The average Bonchev–Trinajstić information content (AvgIpc) is 3.24. The Morgan fingerprint density at radius 3 is 2.42 bits per heavy atom. The molecular weight excluding hydrogens is 322 g/mol. The molecule has 0 aliphatic heterocycles. The minimum Gasteiger partial charge on any atom is -0.451 e. The normalized spacial score (nSPS) is 12.4. The molecule has 5 rings (SSSR count). The van der Waals surface area contributed by atoms with E-state index in [0.29, 0.717) is 11.7 Å². The van der Waals surface area contributed by atoms with Crippen LogP contribution in [-0.2, 0) is 5.41 Å². The van der Waals surface area contributed by atoms with Gasteiger partial charge in [-0.2, -0.15) is 0 Å². The van der Waals surface area contributed by atoms with Crippen LogP contribution in [0.4, 0.5) is 0 Å². The summed E-state index contributed by atoms with van der Waals surface area (Å²) in [7, 11) is 0.